The van der Waals surface area contributed by atoms with Gasteiger partial charge in [-0.1, -0.05) is 6.07 Å². The number of aromatic nitrogens is 2. The lowest BCUT2D eigenvalue weighted by Gasteiger charge is -2.02. The number of nitrogens with zero attached hydrogens (tertiary/aromatic N) is 2. The van der Waals surface area contributed by atoms with Gasteiger partial charge in [0.15, 0.2) is 5.69 Å². The highest BCUT2D eigenvalue weighted by Gasteiger charge is 2.36. The second kappa shape index (κ2) is 3.48. The number of pyridine rings is 1. The van der Waals surface area contributed by atoms with Crippen molar-refractivity contribution in [1.29, 1.82) is 0 Å². The molecule has 0 aliphatic heterocycles. The van der Waals surface area contributed by atoms with Crippen molar-refractivity contribution in [2.24, 2.45) is 0 Å². The normalized spacial score (nSPS) is 12.3. The summed E-state index contributed by atoms with van der Waals surface area (Å²) in [7, 11) is 0. The topological polar surface area (TPSA) is 37.5 Å². The largest absolute Gasteiger partial charge is 0.435 e. The van der Waals surface area contributed by atoms with Crippen molar-refractivity contribution in [1.82, 2.24) is 9.61 Å². The molecule has 2 aromatic rings. The summed E-state index contributed by atoms with van der Waals surface area (Å²) >= 11 is 0. The number of hydrogen-bond donors (Lipinski definition) is 1. The Morgan fingerprint density at radius 3 is 2.69 bits per heavy atom. The smallest absolute Gasteiger partial charge is 0.392 e. The number of fused-ring (bicyclic) bond motifs is 1. The lowest BCUT2D eigenvalue weighted by Crippen LogP contribution is -2.07. The summed E-state index contributed by atoms with van der Waals surface area (Å²) in [5, 5.41) is 12.5. The molecule has 0 unspecified atom stereocenters. The summed E-state index contributed by atoms with van der Waals surface area (Å²) < 4.78 is 38.9. The van der Waals surface area contributed by atoms with Crippen LogP contribution in [0.1, 0.15) is 16.8 Å². The van der Waals surface area contributed by atoms with Crippen molar-refractivity contribution >= 4 is 5.52 Å². The third-order valence-corrected chi connectivity index (χ3v) is 2.41. The van der Waals surface area contributed by atoms with Gasteiger partial charge in [0, 0.05) is 17.3 Å². The third-order valence-electron chi connectivity index (χ3n) is 2.41. The summed E-state index contributed by atoms with van der Waals surface area (Å²) in [6.45, 7) is 1.04. The molecule has 0 atom stereocenters. The lowest BCUT2D eigenvalue weighted by atomic mass is 10.1. The standard InChI is InChI=1S/C10H9F3N2O/c1-6-8-7(5-16)3-2-4-15(8)14-9(6)10(11,12)13/h2-4,16H,5H2,1H3. The predicted octanol–water partition coefficient (Wildman–Crippen LogP) is 2.15. The number of aryl methyl sites for hydroxylation is 1. The van der Waals surface area contributed by atoms with Crippen molar-refractivity contribution in [2.45, 2.75) is 19.7 Å². The molecule has 0 aromatic carbocycles. The fraction of sp³-hybridized carbons (Fsp3) is 0.300. The van der Waals surface area contributed by atoms with E-state index in [0.717, 1.165) is 4.52 Å². The quantitative estimate of drug-likeness (QED) is 0.815. The Morgan fingerprint density at radius 1 is 1.44 bits per heavy atom. The van der Waals surface area contributed by atoms with Crippen LogP contribution in [0.5, 0.6) is 0 Å². The molecule has 0 aliphatic carbocycles. The molecule has 1 N–H and O–H groups in total. The number of halogens is 3. The van der Waals surface area contributed by atoms with Crippen molar-refractivity contribution in [3.8, 4) is 0 Å². The Kier molecular flexibility index (Phi) is 2.38. The van der Waals surface area contributed by atoms with Gasteiger partial charge in [0.1, 0.15) is 0 Å². The van der Waals surface area contributed by atoms with E-state index in [1.807, 2.05) is 0 Å². The third kappa shape index (κ3) is 1.55. The summed E-state index contributed by atoms with van der Waals surface area (Å²) in [6.07, 6.45) is -3.04. The monoisotopic (exact) mass is 230 g/mol. The summed E-state index contributed by atoms with van der Waals surface area (Å²) in [5.41, 5.74) is -0.120. The Bertz CT molecular complexity index is 531. The van der Waals surface area contributed by atoms with Crippen LogP contribution in [0.25, 0.3) is 5.52 Å². The van der Waals surface area contributed by atoms with Gasteiger partial charge in [-0.25, -0.2) is 4.52 Å². The summed E-state index contributed by atoms with van der Waals surface area (Å²) in [5.74, 6) is 0. The number of aliphatic hydroxyl groups is 1. The number of rotatable bonds is 1. The van der Waals surface area contributed by atoms with Gasteiger partial charge in [0.2, 0.25) is 0 Å². The van der Waals surface area contributed by atoms with Gasteiger partial charge < -0.3 is 5.11 Å². The van der Waals surface area contributed by atoms with E-state index in [1.165, 1.54) is 13.1 Å². The van der Waals surface area contributed by atoms with Crippen LogP contribution in [0.15, 0.2) is 18.3 Å². The molecule has 2 rings (SSSR count). The van der Waals surface area contributed by atoms with Gasteiger partial charge in [-0.2, -0.15) is 18.3 Å². The fourth-order valence-corrected chi connectivity index (χ4v) is 1.73. The van der Waals surface area contributed by atoms with E-state index >= 15 is 0 Å². The van der Waals surface area contributed by atoms with Crippen LogP contribution in [0.2, 0.25) is 0 Å². The zero-order valence-electron chi connectivity index (χ0n) is 8.41. The maximum atomic E-state index is 12.6. The highest BCUT2D eigenvalue weighted by molar-refractivity contribution is 5.62. The molecule has 86 valence electrons. The highest BCUT2D eigenvalue weighted by atomic mass is 19.4. The molecular formula is C10H9F3N2O. The van der Waals surface area contributed by atoms with Crippen molar-refractivity contribution in [3.63, 3.8) is 0 Å². The molecule has 0 bridgehead atoms. The summed E-state index contributed by atoms with van der Waals surface area (Å²) in [6, 6.07) is 3.12. The molecular weight excluding hydrogens is 221 g/mol. The van der Waals surface area contributed by atoms with Crippen LogP contribution < -0.4 is 0 Å². The van der Waals surface area contributed by atoms with Gasteiger partial charge in [0.25, 0.3) is 0 Å². The van der Waals surface area contributed by atoms with Crippen LogP contribution in [-0.2, 0) is 12.8 Å². The van der Waals surface area contributed by atoms with Crippen LogP contribution in [0.3, 0.4) is 0 Å². The van der Waals surface area contributed by atoms with Gasteiger partial charge in [0.05, 0.1) is 12.1 Å². The Hall–Kier alpha value is -1.56. The van der Waals surface area contributed by atoms with Crippen LogP contribution in [0, 0.1) is 6.92 Å². The Morgan fingerprint density at radius 2 is 2.12 bits per heavy atom. The first-order valence-corrected chi connectivity index (χ1v) is 4.60. The second-order valence-corrected chi connectivity index (χ2v) is 3.46. The van der Waals surface area contributed by atoms with Crippen molar-refractivity contribution in [2.75, 3.05) is 0 Å². The molecule has 3 nitrogen and oxygen atoms in total. The van der Waals surface area contributed by atoms with Crippen molar-refractivity contribution < 1.29 is 18.3 Å². The van der Waals surface area contributed by atoms with Crippen LogP contribution >= 0.6 is 0 Å². The summed E-state index contributed by atoms with van der Waals surface area (Å²) in [4.78, 5) is 0. The number of hydrogen-bond acceptors (Lipinski definition) is 2. The van der Waals surface area contributed by atoms with Gasteiger partial charge in [-0.05, 0) is 13.0 Å². The van der Waals surface area contributed by atoms with E-state index in [0.29, 0.717) is 11.1 Å². The molecule has 16 heavy (non-hydrogen) atoms. The van der Waals surface area contributed by atoms with Gasteiger partial charge >= 0.3 is 6.18 Å². The van der Waals surface area contributed by atoms with E-state index < -0.39 is 11.9 Å². The Labute approximate surface area is 89.1 Å². The molecule has 0 amide bonds. The average molecular weight is 230 g/mol. The minimum Gasteiger partial charge on any atom is -0.392 e. The van der Waals surface area contributed by atoms with Crippen molar-refractivity contribution in [3.05, 3.63) is 35.2 Å². The predicted molar refractivity (Wildman–Crippen MR) is 50.9 cm³/mol. The molecule has 6 heteroatoms. The van der Waals surface area contributed by atoms with E-state index in [9.17, 15) is 13.2 Å². The van der Waals surface area contributed by atoms with Crippen LogP contribution in [-0.4, -0.2) is 14.7 Å². The lowest BCUT2D eigenvalue weighted by molar-refractivity contribution is -0.141. The molecule has 0 saturated carbocycles. The second-order valence-electron chi connectivity index (χ2n) is 3.46. The van der Waals surface area contributed by atoms with E-state index in [4.69, 9.17) is 5.11 Å². The molecule has 2 aromatic heterocycles. The Balaban J connectivity index is 2.79. The first kappa shape index (κ1) is 10.9. The number of alkyl halides is 3. The SMILES string of the molecule is Cc1c(C(F)(F)F)nn2cccc(CO)c12. The van der Waals surface area contributed by atoms with E-state index in [2.05, 4.69) is 5.10 Å². The molecule has 2 heterocycles. The zero-order chi connectivity index (χ0) is 11.9. The molecule has 0 fully saturated rings. The number of aliphatic hydroxyl groups excluding tert-OH is 1. The highest BCUT2D eigenvalue weighted by Crippen LogP contribution is 2.33. The first-order chi connectivity index (χ1) is 7.45. The van der Waals surface area contributed by atoms with Gasteiger partial charge in [-0.3, -0.25) is 0 Å². The van der Waals surface area contributed by atoms with E-state index in [1.54, 1.807) is 12.1 Å². The van der Waals surface area contributed by atoms with Gasteiger partial charge in [-0.15, -0.1) is 0 Å². The zero-order valence-corrected chi connectivity index (χ0v) is 8.41. The minimum atomic E-state index is -4.47. The molecule has 0 radical (unpaired) electrons. The maximum absolute atomic E-state index is 12.6. The molecule has 0 aliphatic rings. The first-order valence-electron chi connectivity index (χ1n) is 4.60. The average Bonchev–Trinajstić information content (AvgIpc) is 2.56. The van der Waals surface area contributed by atoms with Crippen LogP contribution in [0.4, 0.5) is 13.2 Å². The van der Waals surface area contributed by atoms with E-state index in [-0.39, 0.29) is 12.2 Å². The maximum Gasteiger partial charge on any atom is 0.435 e. The minimum absolute atomic E-state index is 0.0390. The molecule has 0 spiro atoms. The fourth-order valence-electron chi connectivity index (χ4n) is 1.73. The molecule has 0 saturated heterocycles.